The van der Waals surface area contributed by atoms with Gasteiger partial charge in [-0.15, -0.1) is 0 Å². The Balaban J connectivity index is 2.19. The molecule has 0 aliphatic heterocycles. The third kappa shape index (κ3) is 3.90. The third-order valence-corrected chi connectivity index (χ3v) is 3.57. The summed E-state index contributed by atoms with van der Waals surface area (Å²) in [5.41, 5.74) is -3.17. The minimum absolute atomic E-state index is 0.222. The van der Waals surface area contributed by atoms with Gasteiger partial charge in [0, 0.05) is 33.5 Å². The van der Waals surface area contributed by atoms with E-state index >= 15 is 0 Å². The Morgan fingerprint density at radius 3 is 2.44 bits per heavy atom. The van der Waals surface area contributed by atoms with E-state index in [0.29, 0.717) is 5.82 Å². The summed E-state index contributed by atoms with van der Waals surface area (Å²) in [4.78, 5) is 21.4. The van der Waals surface area contributed by atoms with E-state index in [9.17, 15) is 23.1 Å². The van der Waals surface area contributed by atoms with Gasteiger partial charge in [0.05, 0.1) is 18.3 Å². The number of hydrogen-bond donors (Lipinski definition) is 2. The highest BCUT2D eigenvalue weighted by molar-refractivity contribution is 5.91. The van der Waals surface area contributed by atoms with Gasteiger partial charge in [0.2, 0.25) is 11.5 Å². The lowest BCUT2D eigenvalue weighted by molar-refractivity contribution is -0.270. The number of alkyl halides is 3. The molecule has 0 aliphatic carbocycles. The first-order valence-electron chi connectivity index (χ1n) is 7.25. The molecule has 0 aromatic carbocycles. The minimum Gasteiger partial charge on any atom is -0.374 e. The molecular formula is C15H18F3N5O2. The highest BCUT2D eigenvalue weighted by Crippen LogP contribution is 2.40. The van der Waals surface area contributed by atoms with Crippen molar-refractivity contribution in [3.63, 3.8) is 0 Å². The van der Waals surface area contributed by atoms with Crippen molar-refractivity contribution < 1.29 is 23.1 Å². The van der Waals surface area contributed by atoms with Gasteiger partial charge >= 0.3 is 6.18 Å². The number of halogens is 3. The summed E-state index contributed by atoms with van der Waals surface area (Å²) in [6, 6.07) is 3.11. The average molecular weight is 357 g/mol. The van der Waals surface area contributed by atoms with Gasteiger partial charge in [0.15, 0.2) is 5.82 Å². The molecule has 1 amide bonds. The van der Waals surface area contributed by atoms with Crippen molar-refractivity contribution in [2.45, 2.75) is 18.2 Å². The minimum atomic E-state index is -5.07. The van der Waals surface area contributed by atoms with Crippen molar-refractivity contribution in [1.29, 1.82) is 0 Å². The number of carbonyl (C=O) groups excluding carboxylic acids is 1. The van der Waals surface area contributed by atoms with E-state index in [1.807, 2.05) is 0 Å². The fraction of sp³-hybridized carbons (Fsp3) is 0.400. The summed E-state index contributed by atoms with van der Waals surface area (Å²) in [6.45, 7) is 0. The molecule has 2 aromatic rings. The SMILES string of the molecule is CN(C)c1ccc(NC(=O)CC(O)(c2nccn2C)C(F)(F)F)cn1. The lowest BCUT2D eigenvalue weighted by Crippen LogP contribution is -2.46. The number of imidazole rings is 1. The van der Waals surface area contributed by atoms with E-state index in [-0.39, 0.29) is 5.69 Å². The van der Waals surface area contributed by atoms with E-state index in [4.69, 9.17) is 0 Å². The van der Waals surface area contributed by atoms with Crippen molar-refractivity contribution in [3.05, 3.63) is 36.5 Å². The van der Waals surface area contributed by atoms with Crippen LogP contribution < -0.4 is 10.2 Å². The number of aliphatic hydroxyl groups is 1. The maximum atomic E-state index is 13.4. The monoisotopic (exact) mass is 357 g/mol. The number of amides is 1. The Morgan fingerprint density at radius 2 is 2.00 bits per heavy atom. The molecule has 2 heterocycles. The van der Waals surface area contributed by atoms with Gasteiger partial charge in [-0.1, -0.05) is 0 Å². The lowest BCUT2D eigenvalue weighted by Gasteiger charge is -2.29. The Hall–Kier alpha value is -2.62. The molecule has 0 bridgehead atoms. The standard InChI is InChI=1S/C15H18F3N5O2/c1-22(2)11-5-4-10(9-20-11)21-12(24)8-14(25,15(16,17)18)13-19-6-7-23(13)3/h4-7,9,25H,8H2,1-3H3,(H,21,24). The van der Waals surface area contributed by atoms with Crippen molar-refractivity contribution in [2.24, 2.45) is 7.05 Å². The molecule has 136 valence electrons. The smallest absolute Gasteiger partial charge is 0.374 e. The molecule has 2 N–H and O–H groups in total. The first-order valence-corrected chi connectivity index (χ1v) is 7.25. The molecule has 0 radical (unpaired) electrons. The number of nitrogens with one attached hydrogen (secondary N) is 1. The van der Waals surface area contributed by atoms with Crippen LogP contribution in [0.3, 0.4) is 0 Å². The van der Waals surface area contributed by atoms with Crippen LogP contribution in [-0.2, 0) is 17.4 Å². The van der Waals surface area contributed by atoms with E-state index in [1.54, 1.807) is 25.1 Å². The topological polar surface area (TPSA) is 83.3 Å². The van der Waals surface area contributed by atoms with Crippen molar-refractivity contribution >= 4 is 17.4 Å². The number of aromatic nitrogens is 3. The number of pyridine rings is 1. The Morgan fingerprint density at radius 1 is 1.32 bits per heavy atom. The summed E-state index contributed by atoms with van der Waals surface area (Å²) < 4.78 is 41.2. The number of rotatable bonds is 5. The maximum Gasteiger partial charge on any atom is 0.425 e. The van der Waals surface area contributed by atoms with Crippen LogP contribution >= 0.6 is 0 Å². The fourth-order valence-electron chi connectivity index (χ4n) is 2.23. The van der Waals surface area contributed by atoms with E-state index in [2.05, 4.69) is 15.3 Å². The molecule has 2 rings (SSSR count). The number of nitrogens with zero attached hydrogens (tertiary/aromatic N) is 4. The quantitative estimate of drug-likeness (QED) is 0.850. The van der Waals surface area contributed by atoms with E-state index < -0.39 is 29.9 Å². The lowest BCUT2D eigenvalue weighted by atomic mass is 9.97. The molecule has 1 atom stereocenters. The molecule has 0 spiro atoms. The molecular weight excluding hydrogens is 339 g/mol. The van der Waals surface area contributed by atoms with Gasteiger partial charge < -0.3 is 19.9 Å². The predicted octanol–water partition coefficient (Wildman–Crippen LogP) is 1.66. The molecule has 0 aliphatic rings. The van der Waals surface area contributed by atoms with Crippen LogP contribution in [0.2, 0.25) is 0 Å². The summed E-state index contributed by atoms with van der Waals surface area (Å²) in [6.07, 6.45) is -2.60. The number of carbonyl (C=O) groups is 1. The van der Waals surface area contributed by atoms with Crippen molar-refractivity contribution in [3.8, 4) is 0 Å². The van der Waals surface area contributed by atoms with Crippen molar-refractivity contribution in [1.82, 2.24) is 14.5 Å². The fourth-order valence-corrected chi connectivity index (χ4v) is 2.23. The normalized spacial score (nSPS) is 14.0. The molecule has 1 unspecified atom stereocenters. The summed E-state index contributed by atoms with van der Waals surface area (Å²) in [5.74, 6) is -1.05. The zero-order valence-corrected chi connectivity index (χ0v) is 13.9. The van der Waals surface area contributed by atoms with E-state index in [1.165, 1.54) is 25.5 Å². The van der Waals surface area contributed by atoms with Crippen LogP contribution in [-0.4, -0.2) is 45.8 Å². The third-order valence-electron chi connectivity index (χ3n) is 3.57. The summed E-state index contributed by atoms with van der Waals surface area (Å²) >= 11 is 0. The Labute approximate surface area is 142 Å². The summed E-state index contributed by atoms with van der Waals surface area (Å²) in [7, 11) is 4.86. The van der Waals surface area contributed by atoms with Gasteiger partial charge in [-0.3, -0.25) is 4.79 Å². The largest absolute Gasteiger partial charge is 0.425 e. The highest BCUT2D eigenvalue weighted by Gasteiger charge is 2.58. The summed E-state index contributed by atoms with van der Waals surface area (Å²) in [5, 5.41) is 12.5. The average Bonchev–Trinajstić information content (AvgIpc) is 2.93. The second-order valence-corrected chi connectivity index (χ2v) is 5.74. The van der Waals surface area contributed by atoms with Crippen LogP contribution in [0.15, 0.2) is 30.7 Å². The molecule has 0 saturated heterocycles. The predicted molar refractivity (Wildman–Crippen MR) is 85.0 cm³/mol. The van der Waals surface area contributed by atoms with Crippen LogP contribution in [0.25, 0.3) is 0 Å². The van der Waals surface area contributed by atoms with Crippen LogP contribution in [0.5, 0.6) is 0 Å². The molecule has 0 fully saturated rings. The first-order chi connectivity index (χ1) is 11.5. The highest BCUT2D eigenvalue weighted by atomic mass is 19.4. The second-order valence-electron chi connectivity index (χ2n) is 5.74. The second kappa shape index (κ2) is 6.71. The first kappa shape index (κ1) is 18.7. The Bertz CT molecular complexity index is 742. The molecule has 10 heteroatoms. The molecule has 0 saturated carbocycles. The maximum absolute atomic E-state index is 13.4. The van der Waals surface area contributed by atoms with Crippen molar-refractivity contribution in [2.75, 3.05) is 24.3 Å². The van der Waals surface area contributed by atoms with Gasteiger partial charge in [0.1, 0.15) is 5.82 Å². The van der Waals surface area contributed by atoms with Gasteiger partial charge in [-0.2, -0.15) is 13.2 Å². The Kier molecular flexibility index (Phi) is 5.02. The molecule has 7 nitrogen and oxygen atoms in total. The zero-order chi connectivity index (χ0) is 18.8. The van der Waals surface area contributed by atoms with Crippen LogP contribution in [0.4, 0.5) is 24.7 Å². The number of aryl methyl sites for hydroxylation is 1. The van der Waals surface area contributed by atoms with Crippen LogP contribution in [0.1, 0.15) is 12.2 Å². The van der Waals surface area contributed by atoms with Gasteiger partial charge in [-0.05, 0) is 12.1 Å². The molecule has 25 heavy (non-hydrogen) atoms. The number of anilines is 2. The zero-order valence-electron chi connectivity index (χ0n) is 13.9. The van der Waals surface area contributed by atoms with E-state index in [0.717, 1.165) is 10.8 Å². The number of hydrogen-bond acceptors (Lipinski definition) is 5. The van der Waals surface area contributed by atoms with Gasteiger partial charge in [-0.25, -0.2) is 9.97 Å². The van der Waals surface area contributed by atoms with Gasteiger partial charge in [0.25, 0.3) is 0 Å². The molecule has 2 aromatic heterocycles. The van der Waals surface area contributed by atoms with Crippen LogP contribution in [0, 0.1) is 0 Å².